The minimum absolute atomic E-state index is 0.0152. The second-order valence-corrected chi connectivity index (χ2v) is 3.80. The molecule has 0 saturated heterocycles. The summed E-state index contributed by atoms with van der Waals surface area (Å²) in [6.45, 7) is 3.75. The van der Waals surface area contributed by atoms with Crippen molar-refractivity contribution in [2.75, 3.05) is 12.4 Å². The fourth-order valence-electron chi connectivity index (χ4n) is 1.23. The maximum Gasteiger partial charge on any atom is 0.433 e. The lowest BCUT2D eigenvalue weighted by molar-refractivity contribution is -0.141. The highest BCUT2D eigenvalue weighted by Gasteiger charge is 2.32. The van der Waals surface area contributed by atoms with Crippen LogP contribution in [0.2, 0.25) is 0 Å². The standard InChI is InChI=1S/C11H15F3N2O/c1-7(8(2)17-3)16-9-4-5-10(15-6-9)11(12,13)14/h4-8,16H,1-3H3. The molecule has 2 atom stereocenters. The summed E-state index contributed by atoms with van der Waals surface area (Å²) in [6, 6.07) is 2.29. The molecule has 2 unspecified atom stereocenters. The van der Waals surface area contributed by atoms with Crippen LogP contribution in [0.4, 0.5) is 18.9 Å². The van der Waals surface area contributed by atoms with Crippen molar-refractivity contribution in [3.63, 3.8) is 0 Å². The van der Waals surface area contributed by atoms with Gasteiger partial charge in [0.15, 0.2) is 0 Å². The van der Waals surface area contributed by atoms with Crippen LogP contribution in [0.3, 0.4) is 0 Å². The van der Waals surface area contributed by atoms with Gasteiger partial charge in [0.25, 0.3) is 0 Å². The van der Waals surface area contributed by atoms with Crippen LogP contribution in [0, 0.1) is 0 Å². The second-order valence-electron chi connectivity index (χ2n) is 3.80. The Morgan fingerprint density at radius 3 is 2.35 bits per heavy atom. The number of nitrogens with one attached hydrogen (secondary N) is 1. The Hall–Kier alpha value is -1.30. The van der Waals surface area contributed by atoms with E-state index in [1.54, 1.807) is 7.11 Å². The van der Waals surface area contributed by atoms with Gasteiger partial charge in [0, 0.05) is 13.2 Å². The molecule has 0 aliphatic carbocycles. The Labute approximate surface area is 98.0 Å². The number of hydrogen-bond donors (Lipinski definition) is 1. The van der Waals surface area contributed by atoms with Crippen LogP contribution in [0.15, 0.2) is 18.3 Å². The first-order valence-corrected chi connectivity index (χ1v) is 5.17. The minimum atomic E-state index is -4.40. The molecule has 0 fully saturated rings. The monoisotopic (exact) mass is 248 g/mol. The molecule has 0 amide bonds. The molecule has 0 radical (unpaired) electrons. The summed E-state index contributed by atoms with van der Waals surface area (Å²) in [6.07, 6.45) is -3.27. The van der Waals surface area contributed by atoms with Gasteiger partial charge < -0.3 is 10.1 Å². The molecule has 0 saturated carbocycles. The first kappa shape index (κ1) is 13.8. The van der Waals surface area contributed by atoms with Gasteiger partial charge in [0.05, 0.1) is 18.0 Å². The minimum Gasteiger partial charge on any atom is -0.380 e. The topological polar surface area (TPSA) is 34.1 Å². The van der Waals surface area contributed by atoms with E-state index in [0.717, 1.165) is 6.07 Å². The van der Waals surface area contributed by atoms with Gasteiger partial charge in [-0.05, 0) is 26.0 Å². The maximum atomic E-state index is 12.3. The molecule has 96 valence electrons. The Morgan fingerprint density at radius 2 is 1.94 bits per heavy atom. The number of halogens is 3. The highest BCUT2D eigenvalue weighted by molar-refractivity contribution is 5.42. The van der Waals surface area contributed by atoms with Crippen molar-refractivity contribution < 1.29 is 17.9 Å². The quantitative estimate of drug-likeness (QED) is 0.889. The van der Waals surface area contributed by atoms with Gasteiger partial charge in [-0.1, -0.05) is 0 Å². The van der Waals surface area contributed by atoms with Gasteiger partial charge in [0.2, 0.25) is 0 Å². The molecule has 1 N–H and O–H groups in total. The second kappa shape index (κ2) is 5.35. The summed E-state index contributed by atoms with van der Waals surface area (Å²) in [5, 5.41) is 3.02. The number of ether oxygens (including phenoxy) is 1. The molecule has 17 heavy (non-hydrogen) atoms. The Morgan fingerprint density at radius 1 is 1.29 bits per heavy atom. The molecule has 1 aromatic rings. The smallest absolute Gasteiger partial charge is 0.380 e. The van der Waals surface area contributed by atoms with Crippen LogP contribution in [0.1, 0.15) is 19.5 Å². The van der Waals surface area contributed by atoms with Crippen molar-refractivity contribution in [1.29, 1.82) is 0 Å². The van der Waals surface area contributed by atoms with Crippen LogP contribution in [-0.4, -0.2) is 24.2 Å². The fourth-order valence-corrected chi connectivity index (χ4v) is 1.23. The lowest BCUT2D eigenvalue weighted by Gasteiger charge is -2.20. The van der Waals surface area contributed by atoms with Crippen LogP contribution >= 0.6 is 0 Å². The lowest BCUT2D eigenvalue weighted by Crippen LogP contribution is -2.29. The lowest BCUT2D eigenvalue weighted by atomic mass is 10.2. The van der Waals surface area contributed by atoms with E-state index in [-0.39, 0.29) is 12.1 Å². The summed E-state index contributed by atoms with van der Waals surface area (Å²) in [5.41, 5.74) is -0.357. The van der Waals surface area contributed by atoms with Crippen molar-refractivity contribution in [1.82, 2.24) is 4.98 Å². The molecule has 0 spiro atoms. The number of hydrogen-bond acceptors (Lipinski definition) is 3. The number of methoxy groups -OCH3 is 1. The molecule has 6 heteroatoms. The number of pyridine rings is 1. The van der Waals surface area contributed by atoms with Crippen LogP contribution in [-0.2, 0) is 10.9 Å². The average Bonchev–Trinajstić information content (AvgIpc) is 2.27. The first-order valence-electron chi connectivity index (χ1n) is 5.17. The van der Waals surface area contributed by atoms with E-state index in [2.05, 4.69) is 10.3 Å². The Balaban J connectivity index is 2.69. The van der Waals surface area contributed by atoms with Crippen molar-refractivity contribution in [2.45, 2.75) is 32.2 Å². The summed E-state index contributed by atoms with van der Waals surface area (Å²) >= 11 is 0. The molecule has 3 nitrogen and oxygen atoms in total. The van der Waals surface area contributed by atoms with Gasteiger partial charge in [0.1, 0.15) is 5.69 Å². The summed E-state index contributed by atoms with van der Waals surface area (Å²) in [5.74, 6) is 0. The SMILES string of the molecule is COC(C)C(C)Nc1ccc(C(F)(F)F)nc1. The highest BCUT2D eigenvalue weighted by Crippen LogP contribution is 2.27. The third kappa shape index (κ3) is 3.89. The van der Waals surface area contributed by atoms with Crippen molar-refractivity contribution in [3.8, 4) is 0 Å². The molecule has 0 aromatic carbocycles. The van der Waals surface area contributed by atoms with Crippen molar-refractivity contribution in [2.24, 2.45) is 0 Å². The predicted octanol–water partition coefficient (Wildman–Crippen LogP) is 2.94. The zero-order valence-electron chi connectivity index (χ0n) is 9.88. The highest BCUT2D eigenvalue weighted by atomic mass is 19.4. The van der Waals surface area contributed by atoms with Gasteiger partial charge in [-0.3, -0.25) is 0 Å². The van der Waals surface area contributed by atoms with Crippen LogP contribution < -0.4 is 5.32 Å². The molecule has 0 aliphatic heterocycles. The normalized spacial score (nSPS) is 15.4. The molecule has 1 aromatic heterocycles. The first-order chi connectivity index (χ1) is 7.84. The Kier molecular flexibility index (Phi) is 4.34. The van der Waals surface area contributed by atoms with Crippen LogP contribution in [0.25, 0.3) is 0 Å². The van der Waals surface area contributed by atoms with Gasteiger partial charge in [-0.15, -0.1) is 0 Å². The number of alkyl halides is 3. The third-order valence-electron chi connectivity index (χ3n) is 2.52. The number of aromatic nitrogens is 1. The summed E-state index contributed by atoms with van der Waals surface area (Å²) in [7, 11) is 1.58. The predicted molar refractivity (Wildman–Crippen MR) is 58.8 cm³/mol. The molecule has 0 bridgehead atoms. The van der Waals surface area contributed by atoms with E-state index < -0.39 is 11.9 Å². The molecular formula is C11H15F3N2O. The van der Waals surface area contributed by atoms with E-state index in [1.807, 2.05) is 13.8 Å². The number of rotatable bonds is 4. The van der Waals surface area contributed by atoms with E-state index in [9.17, 15) is 13.2 Å². The van der Waals surface area contributed by atoms with E-state index >= 15 is 0 Å². The summed E-state index contributed by atoms with van der Waals surface area (Å²) < 4.78 is 41.9. The van der Waals surface area contributed by atoms with Crippen molar-refractivity contribution in [3.05, 3.63) is 24.0 Å². The average molecular weight is 248 g/mol. The molecule has 1 heterocycles. The van der Waals surface area contributed by atoms with Crippen molar-refractivity contribution >= 4 is 5.69 Å². The third-order valence-corrected chi connectivity index (χ3v) is 2.52. The van der Waals surface area contributed by atoms with E-state index in [1.165, 1.54) is 12.3 Å². The zero-order valence-corrected chi connectivity index (χ0v) is 9.88. The molecule has 0 aliphatic rings. The Bertz CT molecular complexity index is 351. The van der Waals surface area contributed by atoms with Gasteiger partial charge in [-0.2, -0.15) is 13.2 Å². The van der Waals surface area contributed by atoms with E-state index in [4.69, 9.17) is 4.74 Å². The summed E-state index contributed by atoms with van der Waals surface area (Å²) in [4.78, 5) is 3.36. The zero-order chi connectivity index (χ0) is 13.1. The molecular weight excluding hydrogens is 233 g/mol. The number of nitrogens with zero attached hydrogens (tertiary/aromatic N) is 1. The maximum absolute atomic E-state index is 12.3. The van der Waals surface area contributed by atoms with Gasteiger partial charge >= 0.3 is 6.18 Å². The fraction of sp³-hybridized carbons (Fsp3) is 0.545. The van der Waals surface area contributed by atoms with Crippen LogP contribution in [0.5, 0.6) is 0 Å². The van der Waals surface area contributed by atoms with E-state index in [0.29, 0.717) is 5.69 Å². The van der Waals surface area contributed by atoms with Gasteiger partial charge in [-0.25, -0.2) is 4.98 Å². The molecule has 1 rings (SSSR count). The largest absolute Gasteiger partial charge is 0.433 e. The number of anilines is 1.